The van der Waals surface area contributed by atoms with E-state index in [0.29, 0.717) is 0 Å². The summed E-state index contributed by atoms with van der Waals surface area (Å²) in [6.07, 6.45) is 0. The van der Waals surface area contributed by atoms with Crippen molar-refractivity contribution < 1.29 is 19.2 Å². The van der Waals surface area contributed by atoms with Gasteiger partial charge >= 0.3 is 7.12 Å². The Labute approximate surface area is 111 Å². The van der Waals surface area contributed by atoms with E-state index in [-0.39, 0.29) is 17.8 Å². The fraction of sp³-hybridized carbons (Fsp3) is 0.143. The number of halogens is 1. The van der Waals surface area contributed by atoms with Gasteiger partial charge in [-0.15, -0.1) is 0 Å². The summed E-state index contributed by atoms with van der Waals surface area (Å²) in [4.78, 5) is 0. The van der Waals surface area contributed by atoms with Crippen LogP contribution in [0.15, 0.2) is 42.5 Å². The zero-order valence-corrected chi connectivity index (χ0v) is 10.5. The summed E-state index contributed by atoms with van der Waals surface area (Å²) >= 11 is 0. The van der Waals surface area contributed by atoms with Gasteiger partial charge in [-0.1, -0.05) is 30.3 Å². The Morgan fingerprint density at radius 1 is 1.16 bits per heavy atom. The van der Waals surface area contributed by atoms with Gasteiger partial charge in [0, 0.05) is 11.5 Å². The molecular weight excluding hydrogens is 246 g/mol. The largest absolute Gasteiger partial charge is 0.492 e. The third-order valence-electron chi connectivity index (χ3n) is 2.90. The molecule has 2 N–H and O–H groups in total. The van der Waals surface area contributed by atoms with Crippen LogP contribution >= 0.6 is 0 Å². The van der Waals surface area contributed by atoms with Gasteiger partial charge in [0.25, 0.3) is 0 Å². The third kappa shape index (κ3) is 3.33. The average molecular weight is 260 g/mol. The molecular formula is C14H14BFO3. The zero-order valence-electron chi connectivity index (χ0n) is 10.5. The first-order chi connectivity index (χ1) is 9.08. The topological polar surface area (TPSA) is 49.7 Å². The van der Waals surface area contributed by atoms with Gasteiger partial charge < -0.3 is 14.8 Å². The van der Waals surface area contributed by atoms with Crippen molar-refractivity contribution in [2.75, 3.05) is 0 Å². The van der Waals surface area contributed by atoms with E-state index in [1.807, 2.05) is 31.2 Å². The molecule has 0 saturated carbocycles. The van der Waals surface area contributed by atoms with Crippen molar-refractivity contribution in [3.05, 3.63) is 59.4 Å². The third-order valence-corrected chi connectivity index (χ3v) is 2.90. The molecule has 0 aliphatic heterocycles. The molecule has 0 aromatic heterocycles. The lowest BCUT2D eigenvalue weighted by Gasteiger charge is -2.12. The molecule has 0 saturated heterocycles. The van der Waals surface area contributed by atoms with E-state index < -0.39 is 12.9 Å². The number of benzene rings is 2. The summed E-state index contributed by atoms with van der Waals surface area (Å²) in [6, 6.07) is 11.3. The van der Waals surface area contributed by atoms with Crippen LogP contribution in [0.2, 0.25) is 0 Å². The quantitative estimate of drug-likeness (QED) is 0.817. The van der Waals surface area contributed by atoms with Crippen LogP contribution in [0.5, 0.6) is 5.75 Å². The molecule has 0 radical (unpaired) electrons. The summed E-state index contributed by atoms with van der Waals surface area (Å²) in [5, 5.41) is 18.4. The Morgan fingerprint density at radius 2 is 1.89 bits per heavy atom. The Hall–Kier alpha value is -1.85. The summed E-state index contributed by atoms with van der Waals surface area (Å²) in [5.41, 5.74) is 2.17. The van der Waals surface area contributed by atoms with E-state index in [1.165, 1.54) is 6.07 Å². The molecule has 0 aliphatic rings. The average Bonchev–Trinajstić information content (AvgIpc) is 2.37. The van der Waals surface area contributed by atoms with Gasteiger partial charge in [0.05, 0.1) is 0 Å². The highest BCUT2D eigenvalue weighted by Crippen LogP contribution is 2.14. The smallest absolute Gasteiger partial charge is 0.489 e. The van der Waals surface area contributed by atoms with Gasteiger partial charge in [-0.05, 0) is 24.1 Å². The second-order valence-electron chi connectivity index (χ2n) is 4.27. The number of hydrogen-bond donors (Lipinski definition) is 2. The monoisotopic (exact) mass is 260 g/mol. The second-order valence-corrected chi connectivity index (χ2v) is 4.27. The van der Waals surface area contributed by atoms with Crippen LogP contribution in [0, 0.1) is 12.7 Å². The number of hydrogen-bond acceptors (Lipinski definition) is 3. The van der Waals surface area contributed by atoms with Gasteiger partial charge in [-0.2, -0.15) is 0 Å². The minimum Gasteiger partial charge on any atom is -0.489 e. The van der Waals surface area contributed by atoms with Crippen molar-refractivity contribution >= 4 is 12.6 Å². The predicted octanol–water partition coefficient (Wildman–Crippen LogP) is 1.39. The molecule has 0 atom stereocenters. The summed E-state index contributed by atoms with van der Waals surface area (Å²) in [6.45, 7) is 2.20. The normalized spacial score (nSPS) is 10.3. The van der Waals surface area contributed by atoms with Crippen molar-refractivity contribution in [2.24, 2.45) is 0 Å². The van der Waals surface area contributed by atoms with E-state index >= 15 is 0 Å². The highest BCUT2D eigenvalue weighted by Gasteiger charge is 2.17. The molecule has 5 heteroatoms. The lowest BCUT2D eigenvalue weighted by Crippen LogP contribution is -2.31. The number of ether oxygens (including phenoxy) is 1. The van der Waals surface area contributed by atoms with Crippen molar-refractivity contribution in [2.45, 2.75) is 13.5 Å². The molecule has 98 valence electrons. The fourth-order valence-electron chi connectivity index (χ4n) is 1.77. The summed E-state index contributed by atoms with van der Waals surface area (Å²) in [7, 11) is -1.69. The van der Waals surface area contributed by atoms with Gasteiger partial charge in [-0.3, -0.25) is 0 Å². The number of aryl methyl sites for hydroxylation is 1. The van der Waals surface area contributed by atoms with E-state index in [2.05, 4.69) is 0 Å². The van der Waals surface area contributed by atoms with Crippen LogP contribution in [-0.2, 0) is 6.61 Å². The fourth-order valence-corrected chi connectivity index (χ4v) is 1.77. The van der Waals surface area contributed by atoms with Crippen LogP contribution in [0.1, 0.15) is 11.1 Å². The van der Waals surface area contributed by atoms with Gasteiger partial charge in [0.1, 0.15) is 18.2 Å². The molecule has 19 heavy (non-hydrogen) atoms. The van der Waals surface area contributed by atoms with Crippen molar-refractivity contribution in [1.82, 2.24) is 0 Å². The Morgan fingerprint density at radius 3 is 2.58 bits per heavy atom. The molecule has 0 fully saturated rings. The standard InChI is InChI=1S/C14H14BFO3/c1-10-4-2-3-5-11(10)9-19-14-8-12(16)6-7-13(14)15(17)18/h2-8,17-18H,9H2,1H3. The molecule has 0 amide bonds. The molecule has 3 nitrogen and oxygen atoms in total. The maximum absolute atomic E-state index is 13.2. The van der Waals surface area contributed by atoms with Gasteiger partial charge in [-0.25, -0.2) is 4.39 Å². The predicted molar refractivity (Wildman–Crippen MR) is 71.7 cm³/mol. The SMILES string of the molecule is Cc1ccccc1COc1cc(F)ccc1B(O)O. The Balaban J connectivity index is 2.19. The molecule has 0 aliphatic carbocycles. The van der Waals surface area contributed by atoms with Gasteiger partial charge in [0.15, 0.2) is 0 Å². The number of rotatable bonds is 4. The minimum atomic E-state index is -1.69. The maximum Gasteiger partial charge on any atom is 0.492 e. The van der Waals surface area contributed by atoms with E-state index in [9.17, 15) is 14.4 Å². The molecule has 2 rings (SSSR count). The van der Waals surface area contributed by atoms with Crippen molar-refractivity contribution in [3.8, 4) is 5.75 Å². The van der Waals surface area contributed by atoms with Crippen LogP contribution < -0.4 is 10.2 Å². The first-order valence-electron chi connectivity index (χ1n) is 5.91. The molecule has 0 bridgehead atoms. The molecule has 2 aromatic carbocycles. The molecule has 0 heterocycles. The van der Waals surface area contributed by atoms with Crippen molar-refractivity contribution in [3.63, 3.8) is 0 Å². The second kappa shape index (κ2) is 5.86. The first-order valence-corrected chi connectivity index (χ1v) is 5.91. The Kier molecular flexibility index (Phi) is 4.19. The molecule has 0 unspecified atom stereocenters. The van der Waals surface area contributed by atoms with Crippen LogP contribution in [0.3, 0.4) is 0 Å². The minimum absolute atomic E-state index is 0.137. The van der Waals surface area contributed by atoms with E-state index in [0.717, 1.165) is 23.3 Å². The first kappa shape index (κ1) is 13.6. The lowest BCUT2D eigenvalue weighted by molar-refractivity contribution is 0.304. The van der Waals surface area contributed by atoms with E-state index in [4.69, 9.17) is 4.74 Å². The highest BCUT2D eigenvalue weighted by atomic mass is 19.1. The van der Waals surface area contributed by atoms with Crippen LogP contribution in [0.4, 0.5) is 4.39 Å². The van der Waals surface area contributed by atoms with Crippen molar-refractivity contribution in [1.29, 1.82) is 0 Å². The molecule has 0 spiro atoms. The Bertz CT molecular complexity index is 572. The van der Waals surface area contributed by atoms with E-state index in [1.54, 1.807) is 0 Å². The lowest BCUT2D eigenvalue weighted by atomic mass is 9.79. The summed E-state index contributed by atoms with van der Waals surface area (Å²) < 4.78 is 18.7. The highest BCUT2D eigenvalue weighted by molar-refractivity contribution is 6.59. The maximum atomic E-state index is 13.2. The van der Waals surface area contributed by atoms with Gasteiger partial charge in [0.2, 0.25) is 0 Å². The van der Waals surface area contributed by atoms with Crippen LogP contribution in [-0.4, -0.2) is 17.2 Å². The molecule has 2 aromatic rings. The van der Waals surface area contributed by atoms with Crippen LogP contribution in [0.25, 0.3) is 0 Å². The zero-order chi connectivity index (χ0) is 13.8. The summed E-state index contributed by atoms with van der Waals surface area (Å²) in [5.74, 6) is -0.345.